The average molecular weight is 1590 g/mol. The van der Waals surface area contributed by atoms with Gasteiger partial charge in [0.25, 0.3) is 0 Å². The molecule has 0 bridgehead atoms. The molecule has 10 aromatic rings. The van der Waals surface area contributed by atoms with Gasteiger partial charge in [-0.1, -0.05) is 114 Å². The van der Waals surface area contributed by atoms with E-state index in [2.05, 4.69) is 231 Å². The van der Waals surface area contributed by atoms with Crippen molar-refractivity contribution in [3.8, 4) is 0 Å². The van der Waals surface area contributed by atoms with Crippen molar-refractivity contribution in [2.75, 3.05) is 215 Å². The van der Waals surface area contributed by atoms with E-state index in [9.17, 15) is 0 Å². The number of hydrogen-bond donors (Lipinski definition) is 0. The standard InChI is InChI=1S/2C19H27N3O2.C19H27N3O.C18H25N3O2.C18H25N3O/c1-16-4-6-19(7-5-16)22-11-9-21(10-12-22)8-3-13-23-15-18-14-17(2)24-20-18;1-16-3-5-19(6-4-16)22-10-8-21(9-11-22)12-14-23-13-7-18-15-17(2)24-20-18;1-16-6-8-19(9-7-16)22-13-11-21(12-14-22)10-4-3-5-18-15-17(2)23-20-18;1-15-3-5-18(6-4-15)21-9-7-20(8-10-21)11-12-22-14-17-13-16(2)23-19-17;1-15-5-7-18(8-6-15)21-12-10-20(11-13-21)9-3-4-17-14-16(2)22-19-17/h4-7,14H,3,8-13,15H2,1-2H3;3-6,15H,7-14H2,1-2H3;6-9,15H,3-5,10-14H2,1-2H3;3-6,13H,7-12,14H2,1-2H3;5-8,14H,3-4,9-13H2,1-2H3. The fourth-order valence-electron chi connectivity index (χ4n) is 15.0. The maximum absolute atomic E-state index is 5.74. The molecule has 5 aliphatic rings. The van der Waals surface area contributed by atoms with Gasteiger partial charge in [0, 0.05) is 222 Å². The number of nitrogens with zero attached hydrogens (tertiary/aromatic N) is 15. The lowest BCUT2D eigenvalue weighted by molar-refractivity contribution is 0.0871. The highest BCUT2D eigenvalue weighted by Gasteiger charge is 2.23. The molecule has 0 atom stereocenters. The maximum Gasteiger partial charge on any atom is 0.134 e. The summed E-state index contributed by atoms with van der Waals surface area (Å²) in [5.41, 5.74) is 18.2. The normalized spacial score (nSPS) is 16.0. The zero-order valence-corrected chi connectivity index (χ0v) is 71.3. The average Bonchev–Trinajstić information content (AvgIpc) is 1.16. The highest BCUT2D eigenvalue weighted by molar-refractivity contribution is 5.51. The third-order valence-corrected chi connectivity index (χ3v) is 22.2. The molecule has 0 saturated carbocycles. The highest BCUT2D eigenvalue weighted by atomic mass is 16.5. The van der Waals surface area contributed by atoms with Crippen molar-refractivity contribution in [2.45, 2.75) is 127 Å². The second kappa shape index (κ2) is 47.3. The molecule has 5 aromatic heterocycles. The summed E-state index contributed by atoms with van der Waals surface area (Å²) >= 11 is 0. The molecule has 0 aliphatic carbocycles. The number of anilines is 5. The van der Waals surface area contributed by atoms with Gasteiger partial charge in [-0.05, 0) is 182 Å². The summed E-state index contributed by atoms with van der Waals surface area (Å²) in [5, 5.41) is 19.9. The largest absolute Gasteiger partial charge is 0.380 e. The van der Waals surface area contributed by atoms with Crippen molar-refractivity contribution in [3.05, 3.63) is 237 Å². The third-order valence-electron chi connectivity index (χ3n) is 22.2. The van der Waals surface area contributed by atoms with Gasteiger partial charge in [-0.3, -0.25) is 24.5 Å². The molecular weight excluding hydrogens is 1460 g/mol. The van der Waals surface area contributed by atoms with Gasteiger partial charge in [-0.25, -0.2) is 0 Å². The van der Waals surface area contributed by atoms with Gasteiger partial charge in [-0.15, -0.1) is 0 Å². The van der Waals surface area contributed by atoms with E-state index in [0.29, 0.717) is 19.8 Å². The summed E-state index contributed by atoms with van der Waals surface area (Å²) in [5.74, 6) is 4.33. The van der Waals surface area contributed by atoms with E-state index in [0.717, 1.165) is 266 Å². The Morgan fingerprint density at radius 2 is 0.474 bits per heavy atom. The van der Waals surface area contributed by atoms with E-state index < -0.39 is 0 Å². The van der Waals surface area contributed by atoms with Crippen molar-refractivity contribution in [2.24, 2.45) is 0 Å². The summed E-state index contributed by atoms with van der Waals surface area (Å²) in [4.78, 5) is 25.0. The summed E-state index contributed by atoms with van der Waals surface area (Å²) < 4.78 is 42.4. The molecule has 5 saturated heterocycles. The Bertz CT molecular complexity index is 4070. The molecule has 116 heavy (non-hydrogen) atoms. The Morgan fingerprint density at radius 1 is 0.233 bits per heavy atom. The van der Waals surface area contributed by atoms with Gasteiger partial charge in [0.15, 0.2) is 0 Å². The fraction of sp³-hybridized carbons (Fsp3) is 0.516. The van der Waals surface area contributed by atoms with Crippen molar-refractivity contribution in [3.63, 3.8) is 0 Å². The summed E-state index contributed by atoms with van der Waals surface area (Å²) in [7, 11) is 0. The van der Waals surface area contributed by atoms with Crippen LogP contribution in [0.5, 0.6) is 0 Å². The van der Waals surface area contributed by atoms with Gasteiger partial charge in [0.05, 0.1) is 50.1 Å². The molecule has 5 aliphatic heterocycles. The van der Waals surface area contributed by atoms with Gasteiger partial charge in [0.2, 0.25) is 0 Å². The first kappa shape index (κ1) is 87.7. The number of piperazine rings is 5. The number of unbranched alkanes of at least 4 members (excludes halogenated alkanes) is 1. The topological polar surface area (TPSA) is 190 Å². The molecule has 23 nitrogen and oxygen atoms in total. The Balaban J connectivity index is 0.000000143. The minimum absolute atomic E-state index is 0.528. The highest BCUT2D eigenvalue weighted by Crippen LogP contribution is 2.24. The summed E-state index contributed by atoms with van der Waals surface area (Å²) in [6.07, 6.45) is 7.48. The van der Waals surface area contributed by atoms with Crippen molar-refractivity contribution in [1.82, 2.24) is 50.3 Å². The quantitative estimate of drug-likeness (QED) is 0.0372. The first-order valence-electron chi connectivity index (χ1n) is 42.6. The number of ether oxygens (including phenoxy) is 3. The monoisotopic (exact) mass is 1590 g/mol. The van der Waals surface area contributed by atoms with Crippen LogP contribution in [0.2, 0.25) is 0 Å². The van der Waals surface area contributed by atoms with Crippen LogP contribution in [0.3, 0.4) is 0 Å². The Morgan fingerprint density at radius 3 is 0.767 bits per heavy atom. The van der Waals surface area contributed by atoms with Crippen LogP contribution in [0.4, 0.5) is 28.4 Å². The predicted octanol–water partition coefficient (Wildman–Crippen LogP) is 14.8. The van der Waals surface area contributed by atoms with E-state index in [1.54, 1.807) is 0 Å². The zero-order chi connectivity index (χ0) is 81.1. The molecule has 15 rings (SSSR count). The molecule has 626 valence electrons. The Hall–Kier alpha value is -9.17. The minimum atomic E-state index is 0.528. The first-order valence-corrected chi connectivity index (χ1v) is 42.6. The molecule has 0 unspecified atom stereocenters. The van der Waals surface area contributed by atoms with Crippen molar-refractivity contribution >= 4 is 28.4 Å². The zero-order valence-electron chi connectivity index (χ0n) is 71.3. The van der Waals surface area contributed by atoms with Crippen LogP contribution in [-0.2, 0) is 46.7 Å². The van der Waals surface area contributed by atoms with Gasteiger partial charge < -0.3 is 61.3 Å². The van der Waals surface area contributed by atoms with Crippen molar-refractivity contribution < 1.29 is 36.8 Å². The lowest BCUT2D eigenvalue weighted by Crippen LogP contribution is -2.47. The SMILES string of the molecule is Cc1ccc(N2CCN(CCCCc3cc(C)on3)CC2)cc1.Cc1ccc(N2CCN(CCCOCc3cc(C)on3)CC2)cc1.Cc1ccc(N2CCN(CCCc3cc(C)on3)CC2)cc1.Cc1ccc(N2CCN(CCOCCc3cc(C)on3)CC2)cc1.Cc1ccc(N2CCN(CCOCc3cc(C)on3)CC2)cc1. The second-order valence-corrected chi connectivity index (χ2v) is 31.8. The van der Waals surface area contributed by atoms with Crippen LogP contribution in [0.15, 0.2) is 174 Å². The molecule has 0 radical (unpaired) electrons. The van der Waals surface area contributed by atoms with Gasteiger partial charge >= 0.3 is 0 Å². The molecule has 0 N–H and O–H groups in total. The molecule has 23 heteroatoms. The third kappa shape index (κ3) is 30.7. The van der Waals surface area contributed by atoms with Crippen LogP contribution < -0.4 is 24.5 Å². The van der Waals surface area contributed by atoms with Gasteiger partial charge in [-0.2, -0.15) is 0 Å². The van der Waals surface area contributed by atoms with Crippen molar-refractivity contribution in [1.29, 1.82) is 0 Å². The summed E-state index contributed by atoms with van der Waals surface area (Å²) in [6.45, 7) is 52.0. The number of benzene rings is 5. The van der Waals surface area contributed by atoms with Crippen LogP contribution >= 0.6 is 0 Å². The summed E-state index contributed by atoms with van der Waals surface area (Å²) in [6, 6.07) is 54.1. The lowest BCUT2D eigenvalue weighted by atomic mass is 10.1. The number of aryl methyl sites for hydroxylation is 12. The minimum Gasteiger partial charge on any atom is -0.380 e. The Labute approximate surface area is 690 Å². The van der Waals surface area contributed by atoms with Crippen LogP contribution in [-0.4, -0.2) is 240 Å². The molecule has 5 fully saturated rings. The van der Waals surface area contributed by atoms with E-state index in [-0.39, 0.29) is 0 Å². The maximum atomic E-state index is 5.74. The fourth-order valence-corrected chi connectivity index (χ4v) is 15.0. The lowest BCUT2D eigenvalue weighted by Gasteiger charge is -2.36. The Kier molecular flexibility index (Phi) is 35.7. The first-order chi connectivity index (χ1) is 56.5. The van der Waals surface area contributed by atoms with Crippen LogP contribution in [0.1, 0.15) is 111 Å². The number of hydrogen-bond acceptors (Lipinski definition) is 23. The molecule has 10 heterocycles. The molecule has 0 amide bonds. The molecule has 5 aromatic carbocycles. The van der Waals surface area contributed by atoms with E-state index >= 15 is 0 Å². The van der Waals surface area contributed by atoms with E-state index in [4.69, 9.17) is 36.8 Å². The van der Waals surface area contributed by atoms with E-state index in [1.807, 2.05) is 65.0 Å². The molecular formula is C93H131N15O8. The smallest absolute Gasteiger partial charge is 0.134 e. The molecule has 0 spiro atoms. The van der Waals surface area contributed by atoms with Gasteiger partial charge in [0.1, 0.15) is 40.2 Å². The number of aromatic nitrogens is 5. The van der Waals surface area contributed by atoms with Crippen LogP contribution in [0, 0.1) is 69.2 Å². The second-order valence-electron chi connectivity index (χ2n) is 31.8. The predicted molar refractivity (Wildman–Crippen MR) is 465 cm³/mol. The number of rotatable bonds is 31. The van der Waals surface area contributed by atoms with Crippen LogP contribution in [0.25, 0.3) is 0 Å². The van der Waals surface area contributed by atoms with E-state index in [1.165, 1.54) is 75.6 Å².